The second-order valence-corrected chi connectivity index (χ2v) is 10.5. The number of methoxy groups -OCH3 is 3. The summed E-state index contributed by atoms with van der Waals surface area (Å²) in [6.45, 7) is 3.61. The third-order valence-corrected chi connectivity index (χ3v) is 7.80. The van der Waals surface area contributed by atoms with Crippen molar-refractivity contribution in [2.24, 2.45) is 0 Å². The van der Waals surface area contributed by atoms with Gasteiger partial charge in [-0.3, -0.25) is 9.69 Å². The Balaban J connectivity index is 1.37. The average Bonchev–Trinajstić information content (AvgIpc) is 3.71. The smallest absolute Gasteiger partial charge is 0.252 e. The molecule has 12 heteroatoms. The highest BCUT2D eigenvalue weighted by molar-refractivity contribution is 5.83. The Morgan fingerprint density at radius 3 is 2.41 bits per heavy atom. The van der Waals surface area contributed by atoms with E-state index in [0.717, 1.165) is 22.3 Å². The van der Waals surface area contributed by atoms with Crippen LogP contribution in [0.4, 0.5) is 0 Å². The van der Waals surface area contributed by atoms with E-state index in [9.17, 15) is 4.79 Å². The molecule has 0 aliphatic carbocycles. The molecule has 1 N–H and O–H groups in total. The van der Waals surface area contributed by atoms with Crippen molar-refractivity contribution in [2.75, 3.05) is 28.1 Å². The maximum Gasteiger partial charge on any atom is 0.252 e. The maximum atomic E-state index is 13.4. The van der Waals surface area contributed by atoms with Gasteiger partial charge in [0.15, 0.2) is 28.8 Å². The van der Waals surface area contributed by atoms with Crippen molar-refractivity contribution < 1.29 is 23.7 Å². The maximum absolute atomic E-state index is 13.4. The number of fused-ring (bicyclic) bond motifs is 2. The third kappa shape index (κ3) is 5.88. The number of ether oxygens (including phenoxy) is 5. The van der Waals surface area contributed by atoms with E-state index in [4.69, 9.17) is 23.7 Å². The topological polar surface area (TPSA) is 126 Å². The lowest BCUT2D eigenvalue weighted by Crippen LogP contribution is -2.32. The van der Waals surface area contributed by atoms with E-state index in [0.29, 0.717) is 66.0 Å². The van der Waals surface area contributed by atoms with E-state index in [1.54, 1.807) is 27.4 Å². The van der Waals surface area contributed by atoms with Gasteiger partial charge in [-0.2, -0.15) is 0 Å². The first-order chi connectivity index (χ1) is 21.5. The van der Waals surface area contributed by atoms with E-state index in [1.165, 1.54) is 0 Å². The van der Waals surface area contributed by atoms with Crippen LogP contribution in [0.15, 0.2) is 65.5 Å². The Labute approximate surface area is 254 Å². The van der Waals surface area contributed by atoms with Crippen LogP contribution in [0, 0.1) is 0 Å². The summed E-state index contributed by atoms with van der Waals surface area (Å²) in [5.74, 6) is 4.02. The van der Waals surface area contributed by atoms with Crippen LogP contribution in [0.3, 0.4) is 0 Å². The zero-order chi connectivity index (χ0) is 30.6. The molecular weight excluding hydrogens is 564 g/mol. The van der Waals surface area contributed by atoms with Crippen LogP contribution in [-0.4, -0.2) is 58.2 Å². The summed E-state index contributed by atoms with van der Waals surface area (Å²) < 4.78 is 29.2. The Kier molecular flexibility index (Phi) is 8.33. The number of hydrogen-bond donors (Lipinski definition) is 1. The first-order valence-electron chi connectivity index (χ1n) is 14.3. The zero-order valence-corrected chi connectivity index (χ0v) is 25.1. The summed E-state index contributed by atoms with van der Waals surface area (Å²) in [7, 11) is 4.80. The lowest BCUT2D eigenvalue weighted by molar-refractivity contribution is 0.161. The van der Waals surface area contributed by atoms with E-state index >= 15 is 0 Å². The molecule has 1 aliphatic rings. The molecule has 0 saturated heterocycles. The molecule has 0 radical (unpaired) electrons. The number of aromatic amines is 1. The van der Waals surface area contributed by atoms with Crippen molar-refractivity contribution in [1.82, 2.24) is 30.1 Å². The van der Waals surface area contributed by atoms with Gasteiger partial charge in [-0.1, -0.05) is 25.1 Å². The average molecular weight is 599 g/mol. The molecule has 0 amide bonds. The van der Waals surface area contributed by atoms with Gasteiger partial charge >= 0.3 is 0 Å². The normalized spacial score (nSPS) is 12.9. The molecule has 5 aromatic rings. The zero-order valence-electron chi connectivity index (χ0n) is 25.1. The minimum Gasteiger partial charge on any atom is -0.497 e. The number of H-pyrrole nitrogens is 1. The fourth-order valence-corrected chi connectivity index (χ4v) is 5.54. The number of pyridine rings is 1. The molecule has 0 bridgehead atoms. The molecule has 1 aliphatic heterocycles. The van der Waals surface area contributed by atoms with E-state index < -0.39 is 0 Å². The van der Waals surface area contributed by atoms with Gasteiger partial charge in [0.2, 0.25) is 6.79 Å². The fraction of sp³-hybridized carbons (Fsp3) is 0.312. The number of nitrogens with one attached hydrogen (secondary N) is 1. The number of rotatable bonds is 12. The summed E-state index contributed by atoms with van der Waals surface area (Å²) in [6, 6.07) is 19.0. The van der Waals surface area contributed by atoms with Crippen LogP contribution in [0.5, 0.6) is 28.7 Å². The predicted octanol–water partition coefficient (Wildman–Crippen LogP) is 4.47. The first-order valence-corrected chi connectivity index (χ1v) is 14.3. The van der Waals surface area contributed by atoms with Crippen molar-refractivity contribution in [1.29, 1.82) is 0 Å². The van der Waals surface area contributed by atoms with Gasteiger partial charge in [-0.15, -0.1) is 5.10 Å². The van der Waals surface area contributed by atoms with E-state index in [-0.39, 0.29) is 18.4 Å². The summed E-state index contributed by atoms with van der Waals surface area (Å²) in [5, 5.41) is 13.7. The van der Waals surface area contributed by atoms with Gasteiger partial charge in [0.1, 0.15) is 5.75 Å². The number of aromatic nitrogens is 5. The van der Waals surface area contributed by atoms with Crippen LogP contribution in [0.1, 0.15) is 41.9 Å². The molecule has 0 saturated carbocycles. The van der Waals surface area contributed by atoms with Crippen LogP contribution < -0.4 is 29.2 Å². The number of tetrazole rings is 1. The van der Waals surface area contributed by atoms with Crippen molar-refractivity contribution >= 4 is 10.9 Å². The molecule has 12 nitrogen and oxygen atoms in total. The molecule has 0 fully saturated rings. The van der Waals surface area contributed by atoms with Crippen LogP contribution in [0.25, 0.3) is 10.9 Å². The standard InChI is InChI=1S/C32H34N6O6/c1-5-26(31-34-35-36-38(31)17-20-6-9-24(40-2)10-7-20)37(16-21-8-11-27-30(12-21)44-19-43-27)18-23-13-22-14-28(41-3)29(42-4)15-25(22)33-32(23)39/h6-15,26H,5,16-19H2,1-4H3,(H,33,39)/t26-/m1/s1. The first kappa shape index (κ1) is 29.0. The molecule has 0 spiro atoms. The SMILES string of the molecule is CC[C@H](c1nnnn1Cc1ccc(OC)cc1)N(Cc1ccc2c(c1)OCO2)Cc1cc2cc(OC)c(OC)cc2[nH]c1=O. The summed E-state index contributed by atoms with van der Waals surface area (Å²) in [5.41, 5.74) is 3.11. The number of hydrogen-bond acceptors (Lipinski definition) is 10. The lowest BCUT2D eigenvalue weighted by Gasteiger charge is -2.30. The highest BCUT2D eigenvalue weighted by Crippen LogP contribution is 2.35. The van der Waals surface area contributed by atoms with Gasteiger partial charge in [-0.25, -0.2) is 4.68 Å². The molecule has 3 aromatic carbocycles. The van der Waals surface area contributed by atoms with Gasteiger partial charge in [-0.05, 0) is 64.4 Å². The third-order valence-electron chi connectivity index (χ3n) is 7.80. The summed E-state index contributed by atoms with van der Waals surface area (Å²) in [6.07, 6.45) is 0.698. The highest BCUT2D eigenvalue weighted by atomic mass is 16.7. The predicted molar refractivity (Wildman–Crippen MR) is 162 cm³/mol. The molecule has 228 valence electrons. The molecular formula is C32H34N6O6. The van der Waals surface area contributed by atoms with Gasteiger partial charge in [0, 0.05) is 30.1 Å². The van der Waals surface area contributed by atoms with Gasteiger partial charge in [0.05, 0.1) is 39.4 Å². The molecule has 6 rings (SSSR count). The summed E-state index contributed by atoms with van der Waals surface area (Å²) >= 11 is 0. The van der Waals surface area contributed by atoms with Crippen LogP contribution in [-0.2, 0) is 19.6 Å². The quantitative estimate of drug-likeness (QED) is 0.220. The molecule has 0 unspecified atom stereocenters. The molecule has 2 aromatic heterocycles. The number of benzene rings is 3. The second-order valence-electron chi connectivity index (χ2n) is 10.5. The Morgan fingerprint density at radius 2 is 1.66 bits per heavy atom. The second kappa shape index (κ2) is 12.6. The molecule has 3 heterocycles. The van der Waals surface area contributed by atoms with Crippen molar-refractivity contribution in [3.05, 3.63) is 93.5 Å². The monoisotopic (exact) mass is 598 g/mol. The van der Waals surface area contributed by atoms with Gasteiger partial charge in [0.25, 0.3) is 5.56 Å². The fourth-order valence-electron chi connectivity index (χ4n) is 5.54. The Bertz CT molecular complexity index is 1820. The minimum atomic E-state index is -0.214. The van der Waals surface area contributed by atoms with Crippen molar-refractivity contribution in [3.8, 4) is 28.7 Å². The van der Waals surface area contributed by atoms with Crippen molar-refractivity contribution in [2.45, 2.75) is 39.0 Å². The minimum absolute atomic E-state index is 0.187. The van der Waals surface area contributed by atoms with E-state index in [1.807, 2.05) is 59.3 Å². The van der Waals surface area contributed by atoms with Crippen LogP contribution >= 0.6 is 0 Å². The lowest BCUT2D eigenvalue weighted by atomic mass is 10.1. The van der Waals surface area contributed by atoms with Crippen LogP contribution in [0.2, 0.25) is 0 Å². The highest BCUT2D eigenvalue weighted by Gasteiger charge is 2.27. The molecule has 1 atom stereocenters. The number of nitrogens with zero attached hydrogens (tertiary/aromatic N) is 5. The largest absolute Gasteiger partial charge is 0.497 e. The van der Waals surface area contributed by atoms with Gasteiger partial charge < -0.3 is 28.7 Å². The molecule has 44 heavy (non-hydrogen) atoms. The summed E-state index contributed by atoms with van der Waals surface area (Å²) in [4.78, 5) is 18.7. The van der Waals surface area contributed by atoms with Crippen molar-refractivity contribution in [3.63, 3.8) is 0 Å². The van der Waals surface area contributed by atoms with E-state index in [2.05, 4.69) is 32.3 Å². The Morgan fingerprint density at radius 1 is 0.909 bits per heavy atom. The Hall–Kier alpha value is -5.10.